The summed E-state index contributed by atoms with van der Waals surface area (Å²) in [6.07, 6.45) is -2.50. The van der Waals surface area contributed by atoms with E-state index in [1.807, 2.05) is 42.5 Å². The van der Waals surface area contributed by atoms with E-state index >= 15 is 0 Å². The quantitative estimate of drug-likeness (QED) is 0.319. The Morgan fingerprint density at radius 1 is 1.03 bits per heavy atom. The fraction of sp³-hybridized carbons (Fsp3) is 0.269. The summed E-state index contributed by atoms with van der Waals surface area (Å²) >= 11 is 0. The lowest BCUT2D eigenvalue weighted by molar-refractivity contribution is -0.182. The normalized spacial score (nSPS) is 25.4. The maximum absolute atomic E-state index is 13.0. The molecule has 166 valence electrons. The molecular weight excluding hydrogens is 418 g/mol. The summed E-state index contributed by atoms with van der Waals surface area (Å²) in [5, 5.41) is 27.9. The van der Waals surface area contributed by atoms with E-state index in [1.165, 1.54) is 0 Å². The number of hydrogen-bond donors (Lipinski definition) is 4. The first-order chi connectivity index (χ1) is 16.0. The van der Waals surface area contributed by atoms with Gasteiger partial charge in [-0.05, 0) is 24.6 Å². The number of amides is 1. The number of nitrogens with zero attached hydrogens (tertiary/aromatic N) is 1. The summed E-state index contributed by atoms with van der Waals surface area (Å²) in [5.74, 6) is -0.0560. The first kappa shape index (κ1) is 19.1. The number of ether oxygens (including phenoxy) is 1. The Balaban J connectivity index is 1.69. The number of aromatic nitrogens is 2. The van der Waals surface area contributed by atoms with E-state index in [0.29, 0.717) is 6.54 Å². The van der Waals surface area contributed by atoms with E-state index in [-0.39, 0.29) is 12.3 Å². The van der Waals surface area contributed by atoms with Gasteiger partial charge in [-0.15, -0.1) is 0 Å². The maximum Gasteiger partial charge on any atom is 0.252 e. The molecule has 2 aliphatic heterocycles. The number of H-pyrrole nitrogens is 1. The molecule has 4 atom stereocenters. The van der Waals surface area contributed by atoms with Crippen LogP contribution in [0, 0.1) is 0 Å². The lowest BCUT2D eigenvalue weighted by Crippen LogP contribution is -2.45. The summed E-state index contributed by atoms with van der Waals surface area (Å²) in [5.41, 5.74) is 5.50. The van der Waals surface area contributed by atoms with E-state index < -0.39 is 24.5 Å². The molecule has 1 amide bonds. The molecule has 2 aliphatic rings. The van der Waals surface area contributed by atoms with Crippen molar-refractivity contribution >= 4 is 49.5 Å². The second-order valence-electron chi connectivity index (χ2n) is 9.16. The predicted octanol–water partition coefficient (Wildman–Crippen LogP) is 3.70. The van der Waals surface area contributed by atoms with Crippen LogP contribution in [0.15, 0.2) is 48.5 Å². The highest BCUT2D eigenvalue weighted by atomic mass is 16.5. The van der Waals surface area contributed by atoms with E-state index in [9.17, 15) is 15.0 Å². The van der Waals surface area contributed by atoms with Crippen LogP contribution in [-0.4, -0.2) is 44.0 Å². The third kappa shape index (κ3) is 2.41. The van der Waals surface area contributed by atoms with Gasteiger partial charge in [-0.2, -0.15) is 0 Å². The minimum Gasteiger partial charge on any atom is -0.390 e. The molecule has 1 saturated heterocycles. The fourth-order valence-corrected chi connectivity index (χ4v) is 5.86. The van der Waals surface area contributed by atoms with Crippen molar-refractivity contribution in [2.45, 2.75) is 44.4 Å². The lowest BCUT2D eigenvalue weighted by Gasteiger charge is -2.36. The van der Waals surface area contributed by atoms with Crippen LogP contribution < -0.4 is 5.32 Å². The Bertz CT molecular complexity index is 1600. The van der Waals surface area contributed by atoms with Crippen LogP contribution in [0.3, 0.4) is 0 Å². The molecule has 7 rings (SSSR count). The van der Waals surface area contributed by atoms with Crippen molar-refractivity contribution in [2.75, 3.05) is 0 Å². The first-order valence-electron chi connectivity index (χ1n) is 11.3. The van der Waals surface area contributed by atoms with Crippen LogP contribution in [0.1, 0.15) is 35.5 Å². The minimum atomic E-state index is -0.923. The number of aliphatic hydroxyl groups excluding tert-OH is 2. The van der Waals surface area contributed by atoms with Gasteiger partial charge in [0.2, 0.25) is 0 Å². The van der Waals surface area contributed by atoms with Crippen LogP contribution in [0.25, 0.3) is 43.6 Å². The summed E-state index contributed by atoms with van der Waals surface area (Å²) in [4.78, 5) is 16.6. The summed E-state index contributed by atoms with van der Waals surface area (Å²) in [6, 6.07) is 16.1. The molecule has 7 heteroatoms. The number of para-hydroxylation sites is 2. The van der Waals surface area contributed by atoms with Gasteiger partial charge in [0.15, 0.2) is 0 Å². The van der Waals surface area contributed by atoms with Crippen LogP contribution in [0.2, 0.25) is 0 Å². The molecule has 0 unspecified atom stereocenters. The Kier molecular flexibility index (Phi) is 3.81. The summed E-state index contributed by atoms with van der Waals surface area (Å²) < 4.78 is 8.39. The highest BCUT2D eigenvalue weighted by Gasteiger charge is 2.38. The Labute approximate surface area is 188 Å². The van der Waals surface area contributed by atoms with Gasteiger partial charge in [-0.25, -0.2) is 0 Å². The van der Waals surface area contributed by atoms with Crippen LogP contribution in [-0.2, 0) is 11.3 Å². The second-order valence-corrected chi connectivity index (χ2v) is 9.16. The number of aliphatic hydroxyl groups is 2. The number of aromatic amines is 1. The monoisotopic (exact) mass is 441 g/mol. The molecule has 0 bridgehead atoms. The average molecular weight is 441 g/mol. The fourth-order valence-electron chi connectivity index (χ4n) is 5.86. The molecule has 5 aromatic rings. The molecule has 0 spiro atoms. The number of fused-ring (bicyclic) bond motifs is 10. The number of carbonyl (C=O) groups excluding carboxylic acids is 1. The molecule has 1 fully saturated rings. The number of carbonyl (C=O) groups is 1. The first-order valence-corrected chi connectivity index (χ1v) is 11.3. The highest BCUT2D eigenvalue weighted by molar-refractivity contribution is 6.30. The number of nitrogens with one attached hydrogen (secondary N) is 2. The van der Waals surface area contributed by atoms with Crippen LogP contribution >= 0.6 is 0 Å². The van der Waals surface area contributed by atoms with E-state index in [2.05, 4.69) is 20.9 Å². The number of hydrogen-bond acceptors (Lipinski definition) is 4. The van der Waals surface area contributed by atoms with Gasteiger partial charge in [0, 0.05) is 40.0 Å². The van der Waals surface area contributed by atoms with Crippen molar-refractivity contribution in [1.29, 1.82) is 0 Å². The Hall–Kier alpha value is -3.39. The standard InChI is InChI=1S/C26H23N3O4/c1-12-25(31)18(30)10-19(33-12)29-17-9-5-3-7-14(17)20-15-11-27-26(32)22(15)21-13-6-2-4-8-16(13)28-23(21)24(20)29/h2-9,12,18-19,25,28,30-31H,10-11H2,1H3,(H,27,32)/t12-,18-,19+,25-/m0/s1. The van der Waals surface area contributed by atoms with E-state index in [1.54, 1.807) is 6.92 Å². The second kappa shape index (κ2) is 6.57. The van der Waals surface area contributed by atoms with Crippen LogP contribution in [0.5, 0.6) is 0 Å². The van der Waals surface area contributed by atoms with Crippen molar-refractivity contribution in [1.82, 2.24) is 14.9 Å². The van der Waals surface area contributed by atoms with Gasteiger partial charge >= 0.3 is 0 Å². The average Bonchev–Trinajstić information content (AvgIpc) is 3.48. The number of benzene rings is 3. The minimum absolute atomic E-state index is 0.0560. The molecule has 33 heavy (non-hydrogen) atoms. The van der Waals surface area contributed by atoms with Crippen molar-refractivity contribution in [3.8, 4) is 0 Å². The van der Waals surface area contributed by atoms with Gasteiger partial charge < -0.3 is 29.8 Å². The molecular formula is C26H23N3O4. The van der Waals surface area contributed by atoms with Gasteiger partial charge in [0.05, 0.1) is 34.3 Å². The predicted molar refractivity (Wildman–Crippen MR) is 126 cm³/mol. The van der Waals surface area contributed by atoms with Crippen molar-refractivity contribution in [3.63, 3.8) is 0 Å². The zero-order valence-electron chi connectivity index (χ0n) is 18.0. The molecule has 2 aromatic heterocycles. The zero-order chi connectivity index (χ0) is 22.4. The SMILES string of the molecule is C[C@@H]1O[C@@H](n2c3ccccc3c3c4c(c5c6ccccc6[nH]c5c32)C(=O)NC4)C[C@H](O)[C@H]1O. The van der Waals surface area contributed by atoms with Gasteiger partial charge in [0.25, 0.3) is 5.91 Å². The van der Waals surface area contributed by atoms with Crippen LogP contribution in [0.4, 0.5) is 0 Å². The molecule has 7 nitrogen and oxygen atoms in total. The van der Waals surface area contributed by atoms with Crippen molar-refractivity contribution in [3.05, 3.63) is 59.7 Å². The molecule has 4 heterocycles. The number of rotatable bonds is 1. The maximum atomic E-state index is 13.0. The third-order valence-corrected chi connectivity index (χ3v) is 7.34. The third-order valence-electron chi connectivity index (χ3n) is 7.34. The Morgan fingerprint density at radius 2 is 1.79 bits per heavy atom. The smallest absolute Gasteiger partial charge is 0.252 e. The zero-order valence-corrected chi connectivity index (χ0v) is 18.0. The van der Waals surface area contributed by atoms with Gasteiger partial charge in [-0.3, -0.25) is 4.79 Å². The molecule has 0 saturated carbocycles. The lowest BCUT2D eigenvalue weighted by atomic mass is 9.97. The molecule has 0 aliphatic carbocycles. The van der Waals surface area contributed by atoms with Gasteiger partial charge in [0.1, 0.15) is 12.3 Å². The summed E-state index contributed by atoms with van der Waals surface area (Å²) in [7, 11) is 0. The molecule has 3 aromatic carbocycles. The topological polar surface area (TPSA) is 99.5 Å². The van der Waals surface area contributed by atoms with Crippen molar-refractivity contribution < 1.29 is 19.7 Å². The highest BCUT2D eigenvalue weighted by Crippen LogP contribution is 2.45. The van der Waals surface area contributed by atoms with Gasteiger partial charge in [-0.1, -0.05) is 36.4 Å². The molecule has 0 radical (unpaired) electrons. The van der Waals surface area contributed by atoms with Crippen molar-refractivity contribution in [2.24, 2.45) is 0 Å². The Morgan fingerprint density at radius 3 is 2.61 bits per heavy atom. The van der Waals surface area contributed by atoms with E-state index in [4.69, 9.17) is 4.74 Å². The largest absolute Gasteiger partial charge is 0.390 e. The summed E-state index contributed by atoms with van der Waals surface area (Å²) in [6.45, 7) is 2.25. The molecule has 4 N–H and O–H groups in total. The van der Waals surface area contributed by atoms with E-state index in [0.717, 1.165) is 54.7 Å².